The fraction of sp³-hybridized carbons (Fsp3) is 0.133. The molecule has 0 spiro atoms. The number of fused-ring (bicyclic) bond motifs is 3. The summed E-state index contributed by atoms with van der Waals surface area (Å²) in [5.74, 6) is 0. The molecule has 2 aromatic carbocycles. The maximum Gasteiger partial charge on any atom is 0.459 e. The maximum absolute atomic E-state index is 12.2. The molecule has 1 heterocycles. The molecule has 88 valence electrons. The minimum Gasteiger partial charge on any atom is -0.234 e. The zero-order valence-corrected chi connectivity index (χ0v) is 10.9. The summed E-state index contributed by atoms with van der Waals surface area (Å²) in [4.78, 5) is 12.1. The lowest BCUT2D eigenvalue weighted by atomic mass is 9.98. The average Bonchev–Trinajstić information content (AvgIpc) is 2.44. The molecule has 0 amide bonds. The Morgan fingerprint density at radius 3 is 2.44 bits per heavy atom. The van der Waals surface area contributed by atoms with Gasteiger partial charge in [0.2, 0.25) is 5.30 Å². The van der Waals surface area contributed by atoms with Gasteiger partial charge in [-0.1, -0.05) is 35.8 Å². The van der Waals surface area contributed by atoms with Crippen LogP contribution in [0.3, 0.4) is 0 Å². The fourth-order valence-electron chi connectivity index (χ4n) is 2.32. The van der Waals surface area contributed by atoms with Crippen molar-refractivity contribution >= 4 is 18.6 Å². The van der Waals surface area contributed by atoms with Gasteiger partial charge in [0.1, 0.15) is 0 Å². The highest BCUT2D eigenvalue weighted by Gasteiger charge is 2.41. The largest absolute Gasteiger partial charge is 0.459 e. The van der Waals surface area contributed by atoms with Crippen LogP contribution in [0.2, 0.25) is 0 Å². The second kappa shape index (κ2) is 4.15. The fourth-order valence-corrected chi connectivity index (χ4v) is 3.65. The zero-order valence-electron chi connectivity index (χ0n) is 10.0. The van der Waals surface area contributed by atoms with Gasteiger partial charge in [0.05, 0.1) is 5.56 Å². The van der Waals surface area contributed by atoms with Crippen molar-refractivity contribution < 1.29 is 9.36 Å². The van der Waals surface area contributed by atoms with Gasteiger partial charge in [0.25, 0.3) is 0 Å². The van der Waals surface area contributed by atoms with Gasteiger partial charge in [-0.2, -0.15) is 0 Å². The Balaban J connectivity index is 2.33. The summed E-state index contributed by atoms with van der Waals surface area (Å²) in [5.41, 5.74) is 3.28. The standard InChI is InChI=1S/C15H12O2P/c1-2-10-7-8-12-11-5-3-4-6-13(11)15(16)18(17)14(12)9-10/h3-9H,2H2,1H3/q+1. The van der Waals surface area contributed by atoms with Crippen LogP contribution in [0.4, 0.5) is 0 Å². The predicted molar refractivity (Wildman–Crippen MR) is 72.8 cm³/mol. The van der Waals surface area contributed by atoms with Crippen LogP contribution >= 0.6 is 7.80 Å². The van der Waals surface area contributed by atoms with E-state index in [4.69, 9.17) is 0 Å². The monoisotopic (exact) mass is 255 g/mol. The molecule has 0 aliphatic carbocycles. The summed E-state index contributed by atoms with van der Waals surface area (Å²) in [6, 6.07) is 13.3. The Bertz CT molecular complexity index is 674. The third-order valence-electron chi connectivity index (χ3n) is 3.32. The highest BCUT2D eigenvalue weighted by Crippen LogP contribution is 2.40. The first-order valence-electron chi connectivity index (χ1n) is 5.96. The quantitative estimate of drug-likeness (QED) is 0.730. The lowest BCUT2D eigenvalue weighted by molar-refractivity contribution is 0.108. The van der Waals surface area contributed by atoms with Crippen LogP contribution in [0.15, 0.2) is 42.5 Å². The van der Waals surface area contributed by atoms with Gasteiger partial charge in [-0.25, -0.2) is 4.79 Å². The Labute approximate surface area is 106 Å². The van der Waals surface area contributed by atoms with Gasteiger partial charge in [-0.3, -0.25) is 0 Å². The zero-order chi connectivity index (χ0) is 12.7. The van der Waals surface area contributed by atoms with E-state index >= 15 is 0 Å². The molecule has 18 heavy (non-hydrogen) atoms. The highest BCUT2D eigenvalue weighted by atomic mass is 31.1. The summed E-state index contributed by atoms with van der Waals surface area (Å²) < 4.78 is 12.2. The van der Waals surface area contributed by atoms with Crippen molar-refractivity contribution in [2.24, 2.45) is 0 Å². The van der Waals surface area contributed by atoms with E-state index in [2.05, 4.69) is 0 Å². The molecule has 0 radical (unpaired) electrons. The third-order valence-corrected chi connectivity index (χ3v) is 4.74. The van der Waals surface area contributed by atoms with Crippen molar-refractivity contribution in [3.8, 4) is 11.1 Å². The number of hydrogen-bond acceptors (Lipinski definition) is 2. The Morgan fingerprint density at radius 2 is 1.72 bits per heavy atom. The first-order chi connectivity index (χ1) is 8.72. The lowest BCUT2D eigenvalue weighted by Gasteiger charge is -2.11. The molecule has 1 atom stereocenters. The number of benzene rings is 2. The molecular formula is C15H12O2P+. The molecule has 0 bridgehead atoms. The van der Waals surface area contributed by atoms with Gasteiger partial charge in [-0.15, -0.1) is 0 Å². The molecule has 2 aromatic rings. The molecule has 0 aromatic heterocycles. The summed E-state index contributed by atoms with van der Waals surface area (Å²) in [6.07, 6.45) is 0.881. The van der Waals surface area contributed by atoms with E-state index in [0.29, 0.717) is 10.9 Å². The van der Waals surface area contributed by atoms with Gasteiger partial charge < -0.3 is 0 Å². The number of hydrogen-bond donors (Lipinski definition) is 0. The summed E-state index contributed by atoms with van der Waals surface area (Å²) in [6.45, 7) is 2.05. The lowest BCUT2D eigenvalue weighted by Crippen LogP contribution is -2.15. The topological polar surface area (TPSA) is 34.1 Å². The molecule has 0 fully saturated rings. The van der Waals surface area contributed by atoms with Crippen molar-refractivity contribution in [1.82, 2.24) is 0 Å². The van der Waals surface area contributed by atoms with E-state index in [0.717, 1.165) is 23.1 Å². The van der Waals surface area contributed by atoms with Crippen LogP contribution in [0.25, 0.3) is 11.1 Å². The molecule has 1 aliphatic rings. The molecule has 0 saturated carbocycles. The van der Waals surface area contributed by atoms with Crippen molar-refractivity contribution in [3.63, 3.8) is 0 Å². The second-order valence-corrected chi connectivity index (χ2v) is 5.83. The van der Waals surface area contributed by atoms with Gasteiger partial charge in [0, 0.05) is 11.1 Å². The van der Waals surface area contributed by atoms with Crippen LogP contribution < -0.4 is 5.30 Å². The van der Waals surface area contributed by atoms with Gasteiger partial charge in [-0.05, 0) is 30.2 Å². The normalized spacial score (nSPS) is 15.2. The van der Waals surface area contributed by atoms with Crippen molar-refractivity contribution in [2.75, 3.05) is 0 Å². The highest BCUT2D eigenvalue weighted by molar-refractivity contribution is 7.72. The second-order valence-electron chi connectivity index (χ2n) is 4.35. The predicted octanol–water partition coefficient (Wildman–Crippen LogP) is 3.52. The Hall–Kier alpha value is -1.79. The molecular weight excluding hydrogens is 243 g/mol. The third kappa shape index (κ3) is 1.53. The number of carbonyl (C=O) groups excluding carboxylic acids is 1. The summed E-state index contributed by atoms with van der Waals surface area (Å²) in [7, 11) is -1.97. The van der Waals surface area contributed by atoms with E-state index in [1.807, 2.05) is 43.3 Å². The van der Waals surface area contributed by atoms with E-state index in [1.54, 1.807) is 6.07 Å². The van der Waals surface area contributed by atoms with Crippen LogP contribution in [0.1, 0.15) is 22.8 Å². The number of aryl methyl sites for hydroxylation is 1. The van der Waals surface area contributed by atoms with Crippen molar-refractivity contribution in [2.45, 2.75) is 13.3 Å². The molecule has 0 N–H and O–H groups in total. The Morgan fingerprint density at radius 1 is 1.00 bits per heavy atom. The SMILES string of the molecule is CCc1ccc2c(c1)[P+](=O)C(=O)c1ccccc1-2. The minimum absolute atomic E-state index is 0.249. The van der Waals surface area contributed by atoms with E-state index in [-0.39, 0.29) is 5.52 Å². The summed E-state index contributed by atoms with van der Waals surface area (Å²) in [5, 5.41) is 0.688. The first kappa shape index (κ1) is 11.3. The van der Waals surface area contributed by atoms with Crippen LogP contribution in [-0.2, 0) is 11.0 Å². The number of carbonyl (C=O) groups is 1. The molecule has 3 rings (SSSR count). The average molecular weight is 255 g/mol. The van der Waals surface area contributed by atoms with E-state index < -0.39 is 7.80 Å². The van der Waals surface area contributed by atoms with Crippen LogP contribution in [0.5, 0.6) is 0 Å². The first-order valence-corrected chi connectivity index (χ1v) is 7.22. The van der Waals surface area contributed by atoms with E-state index in [9.17, 15) is 9.36 Å². The minimum atomic E-state index is -1.97. The molecule has 3 heteroatoms. The van der Waals surface area contributed by atoms with Crippen LogP contribution in [0, 0.1) is 0 Å². The molecule has 1 aliphatic heterocycles. The molecule has 1 unspecified atom stereocenters. The van der Waals surface area contributed by atoms with Gasteiger partial charge >= 0.3 is 13.3 Å². The van der Waals surface area contributed by atoms with Crippen molar-refractivity contribution in [3.05, 3.63) is 53.6 Å². The number of rotatable bonds is 1. The van der Waals surface area contributed by atoms with Crippen molar-refractivity contribution in [1.29, 1.82) is 0 Å². The smallest absolute Gasteiger partial charge is 0.234 e. The molecule has 2 nitrogen and oxygen atoms in total. The summed E-state index contributed by atoms with van der Waals surface area (Å²) >= 11 is 0. The maximum atomic E-state index is 12.2. The van der Waals surface area contributed by atoms with E-state index in [1.165, 1.54) is 0 Å². The molecule has 0 saturated heterocycles. The Kier molecular flexibility index (Phi) is 2.61. The van der Waals surface area contributed by atoms with Crippen LogP contribution in [-0.4, -0.2) is 5.52 Å². The van der Waals surface area contributed by atoms with Gasteiger partial charge in [0.15, 0.2) is 0 Å².